The highest BCUT2D eigenvalue weighted by Gasteiger charge is 1.98. The van der Waals surface area contributed by atoms with Crippen LogP contribution in [0.3, 0.4) is 0 Å². The van der Waals surface area contributed by atoms with Gasteiger partial charge in [-0.1, -0.05) is 0 Å². The van der Waals surface area contributed by atoms with E-state index in [9.17, 15) is 4.79 Å². The van der Waals surface area contributed by atoms with Crippen LogP contribution in [0.2, 0.25) is 0 Å². The molecule has 0 atom stereocenters. The number of hydrogen-bond donors (Lipinski definition) is 2. The third-order valence-electron chi connectivity index (χ3n) is 1.46. The summed E-state index contributed by atoms with van der Waals surface area (Å²) in [5.41, 5.74) is 6.42. The summed E-state index contributed by atoms with van der Waals surface area (Å²) in [7, 11) is 0. The number of aldehydes is 1. The van der Waals surface area contributed by atoms with Gasteiger partial charge in [-0.05, 0) is 18.2 Å². The van der Waals surface area contributed by atoms with Crippen molar-refractivity contribution in [2.45, 2.75) is 6.54 Å². The van der Waals surface area contributed by atoms with Gasteiger partial charge in [0, 0.05) is 17.7 Å². The summed E-state index contributed by atoms with van der Waals surface area (Å²) >= 11 is 0. The molecule has 0 heterocycles. The van der Waals surface area contributed by atoms with E-state index in [1.807, 2.05) is 0 Å². The number of phenolic OH excluding ortho intramolecular Hbond substituents is 1. The Morgan fingerprint density at radius 2 is 2.27 bits per heavy atom. The van der Waals surface area contributed by atoms with Crippen LogP contribution in [0, 0.1) is 0 Å². The predicted octanol–water partition coefficient (Wildman–Crippen LogP) is 0.663. The molecule has 0 saturated heterocycles. The molecule has 0 amide bonds. The lowest BCUT2D eigenvalue weighted by Gasteiger charge is -2.00. The summed E-state index contributed by atoms with van der Waals surface area (Å²) in [5, 5.41) is 9.13. The molecule has 0 unspecified atom stereocenters. The topological polar surface area (TPSA) is 63.3 Å². The molecule has 11 heavy (non-hydrogen) atoms. The summed E-state index contributed by atoms with van der Waals surface area (Å²) in [6.07, 6.45) is 0.721. The van der Waals surface area contributed by atoms with Crippen molar-refractivity contribution in [3.05, 3.63) is 29.3 Å². The van der Waals surface area contributed by atoms with Crippen LogP contribution in [-0.2, 0) is 6.54 Å². The van der Waals surface area contributed by atoms with Crippen LogP contribution in [0.25, 0.3) is 0 Å². The lowest BCUT2D eigenvalue weighted by Crippen LogP contribution is -1.97. The van der Waals surface area contributed by atoms with Crippen molar-refractivity contribution in [1.82, 2.24) is 0 Å². The van der Waals surface area contributed by atoms with Gasteiger partial charge < -0.3 is 10.8 Å². The van der Waals surface area contributed by atoms with E-state index in [1.54, 1.807) is 12.1 Å². The molecule has 1 aromatic carbocycles. The van der Waals surface area contributed by atoms with Gasteiger partial charge in [0.2, 0.25) is 0 Å². The summed E-state index contributed by atoms with van der Waals surface area (Å²) < 4.78 is 0. The number of carbonyl (C=O) groups is 1. The number of aromatic hydroxyl groups is 1. The molecule has 3 nitrogen and oxygen atoms in total. The first-order valence-electron chi connectivity index (χ1n) is 3.25. The SMILES string of the molecule is NCc1cc(C=O)ccc1O. The second-order valence-corrected chi connectivity index (χ2v) is 2.21. The van der Waals surface area contributed by atoms with Crippen LogP contribution in [0.5, 0.6) is 5.75 Å². The van der Waals surface area contributed by atoms with E-state index in [0.29, 0.717) is 11.1 Å². The average molecular weight is 151 g/mol. The van der Waals surface area contributed by atoms with Gasteiger partial charge in [0.15, 0.2) is 0 Å². The third-order valence-corrected chi connectivity index (χ3v) is 1.46. The Morgan fingerprint density at radius 3 is 2.82 bits per heavy atom. The van der Waals surface area contributed by atoms with E-state index < -0.39 is 0 Å². The zero-order valence-electron chi connectivity index (χ0n) is 5.95. The summed E-state index contributed by atoms with van der Waals surface area (Å²) in [4.78, 5) is 10.3. The molecule has 58 valence electrons. The van der Waals surface area contributed by atoms with E-state index in [1.165, 1.54) is 6.07 Å². The molecule has 0 bridgehead atoms. The predicted molar refractivity (Wildman–Crippen MR) is 41.4 cm³/mol. The molecule has 0 radical (unpaired) electrons. The molecule has 1 aromatic rings. The molecule has 0 aliphatic rings. The lowest BCUT2D eigenvalue weighted by molar-refractivity contribution is 0.112. The molecule has 1 rings (SSSR count). The lowest BCUT2D eigenvalue weighted by atomic mass is 10.1. The minimum atomic E-state index is 0.137. The smallest absolute Gasteiger partial charge is 0.150 e. The Labute approximate surface area is 64.5 Å². The molecule has 0 saturated carbocycles. The van der Waals surface area contributed by atoms with Crippen molar-refractivity contribution in [1.29, 1.82) is 0 Å². The number of phenols is 1. The van der Waals surface area contributed by atoms with Crippen LogP contribution in [0.1, 0.15) is 15.9 Å². The van der Waals surface area contributed by atoms with E-state index in [4.69, 9.17) is 10.8 Å². The Hall–Kier alpha value is -1.35. The van der Waals surface area contributed by atoms with Crippen LogP contribution >= 0.6 is 0 Å². The number of hydrogen-bond acceptors (Lipinski definition) is 3. The molecule has 3 N–H and O–H groups in total. The minimum absolute atomic E-state index is 0.137. The normalized spacial score (nSPS) is 9.55. The van der Waals surface area contributed by atoms with Crippen LogP contribution < -0.4 is 5.73 Å². The van der Waals surface area contributed by atoms with Crippen LogP contribution in [-0.4, -0.2) is 11.4 Å². The molecule has 0 aliphatic heterocycles. The first-order chi connectivity index (χ1) is 5.27. The summed E-state index contributed by atoms with van der Waals surface area (Å²) in [6, 6.07) is 4.58. The minimum Gasteiger partial charge on any atom is -0.508 e. The largest absolute Gasteiger partial charge is 0.508 e. The molecule has 0 spiro atoms. The highest BCUT2D eigenvalue weighted by atomic mass is 16.3. The maximum Gasteiger partial charge on any atom is 0.150 e. The Kier molecular flexibility index (Phi) is 2.23. The second kappa shape index (κ2) is 3.16. The fraction of sp³-hybridized carbons (Fsp3) is 0.125. The van der Waals surface area contributed by atoms with Crippen molar-refractivity contribution in [3.8, 4) is 5.75 Å². The molecule has 3 heteroatoms. The first kappa shape index (κ1) is 7.75. The maximum absolute atomic E-state index is 10.3. The maximum atomic E-state index is 10.3. The van der Waals surface area contributed by atoms with E-state index >= 15 is 0 Å². The number of rotatable bonds is 2. The first-order valence-corrected chi connectivity index (χ1v) is 3.25. The van der Waals surface area contributed by atoms with Gasteiger partial charge in [0.25, 0.3) is 0 Å². The van der Waals surface area contributed by atoms with Gasteiger partial charge in [-0.2, -0.15) is 0 Å². The molecule has 0 aromatic heterocycles. The quantitative estimate of drug-likeness (QED) is 0.610. The van der Waals surface area contributed by atoms with Crippen molar-refractivity contribution in [3.63, 3.8) is 0 Å². The summed E-state index contributed by atoms with van der Waals surface area (Å²) in [6.45, 7) is 0.244. The van der Waals surface area contributed by atoms with E-state index in [2.05, 4.69) is 0 Å². The van der Waals surface area contributed by atoms with Gasteiger partial charge in [0.05, 0.1) is 0 Å². The summed E-state index contributed by atoms with van der Waals surface area (Å²) in [5.74, 6) is 0.137. The second-order valence-electron chi connectivity index (χ2n) is 2.21. The highest BCUT2D eigenvalue weighted by Crippen LogP contribution is 2.16. The average Bonchev–Trinajstić information content (AvgIpc) is 2.05. The fourth-order valence-corrected chi connectivity index (χ4v) is 0.842. The monoisotopic (exact) mass is 151 g/mol. The number of carbonyl (C=O) groups excluding carboxylic acids is 1. The van der Waals surface area contributed by atoms with Crippen LogP contribution in [0.15, 0.2) is 18.2 Å². The Morgan fingerprint density at radius 1 is 1.55 bits per heavy atom. The van der Waals surface area contributed by atoms with Crippen LogP contribution in [0.4, 0.5) is 0 Å². The van der Waals surface area contributed by atoms with Gasteiger partial charge in [0.1, 0.15) is 12.0 Å². The zero-order valence-corrected chi connectivity index (χ0v) is 5.95. The van der Waals surface area contributed by atoms with Crippen molar-refractivity contribution in [2.24, 2.45) is 5.73 Å². The van der Waals surface area contributed by atoms with E-state index in [-0.39, 0.29) is 12.3 Å². The molecular weight excluding hydrogens is 142 g/mol. The van der Waals surface area contributed by atoms with Crippen molar-refractivity contribution < 1.29 is 9.90 Å². The van der Waals surface area contributed by atoms with Crippen molar-refractivity contribution in [2.75, 3.05) is 0 Å². The highest BCUT2D eigenvalue weighted by molar-refractivity contribution is 5.75. The van der Waals surface area contributed by atoms with Crippen molar-refractivity contribution >= 4 is 6.29 Å². The zero-order chi connectivity index (χ0) is 8.27. The van der Waals surface area contributed by atoms with Gasteiger partial charge in [-0.25, -0.2) is 0 Å². The van der Waals surface area contributed by atoms with Gasteiger partial charge >= 0.3 is 0 Å². The number of benzene rings is 1. The molecule has 0 aliphatic carbocycles. The fourth-order valence-electron chi connectivity index (χ4n) is 0.842. The standard InChI is InChI=1S/C8H9NO2/c9-4-7-3-6(5-10)1-2-8(7)11/h1-3,5,11H,4,9H2. The van der Waals surface area contributed by atoms with E-state index in [0.717, 1.165) is 6.29 Å². The number of nitrogens with two attached hydrogens (primary N) is 1. The molecule has 0 fully saturated rings. The third kappa shape index (κ3) is 1.56. The Bertz CT molecular complexity index is 271. The van der Waals surface area contributed by atoms with Gasteiger partial charge in [-0.3, -0.25) is 4.79 Å². The van der Waals surface area contributed by atoms with Gasteiger partial charge in [-0.15, -0.1) is 0 Å². The Balaban J connectivity index is 3.12. The molecular formula is C8H9NO2.